The molecule has 0 aliphatic carbocycles. The van der Waals surface area contributed by atoms with Gasteiger partial charge in [0.1, 0.15) is 0 Å². The summed E-state index contributed by atoms with van der Waals surface area (Å²) < 4.78 is 0.956. The van der Waals surface area contributed by atoms with Crippen LogP contribution >= 0.6 is 15.9 Å². The largest absolute Gasteiger partial charge is 0.368 e. The van der Waals surface area contributed by atoms with Gasteiger partial charge >= 0.3 is 6.03 Å². The van der Waals surface area contributed by atoms with E-state index in [0.717, 1.165) is 45.3 Å². The van der Waals surface area contributed by atoms with Crippen molar-refractivity contribution in [1.29, 1.82) is 0 Å². The third kappa shape index (κ3) is 5.46. The van der Waals surface area contributed by atoms with Crippen LogP contribution in [0.5, 0.6) is 0 Å². The lowest BCUT2D eigenvalue weighted by Gasteiger charge is -2.36. The Hall–Kier alpha value is -3.84. The lowest BCUT2D eigenvalue weighted by Crippen LogP contribution is -2.48. The number of carbonyl (C=O) groups excluding carboxylic acids is 2. The van der Waals surface area contributed by atoms with Gasteiger partial charge < -0.3 is 20.4 Å². The maximum absolute atomic E-state index is 13.0. The second kappa shape index (κ2) is 10.2. The van der Waals surface area contributed by atoms with Crippen LogP contribution in [-0.4, -0.2) is 43.0 Å². The zero-order chi connectivity index (χ0) is 24.2. The molecule has 4 aromatic rings. The first-order chi connectivity index (χ1) is 17.0. The third-order valence-corrected chi connectivity index (χ3v) is 6.68. The molecule has 35 heavy (non-hydrogen) atoms. The topological polar surface area (TPSA) is 64.7 Å². The van der Waals surface area contributed by atoms with Crippen molar-refractivity contribution in [3.63, 3.8) is 0 Å². The molecule has 7 heteroatoms. The highest BCUT2D eigenvalue weighted by Crippen LogP contribution is 2.22. The number of anilines is 3. The minimum Gasteiger partial charge on any atom is -0.368 e. The highest BCUT2D eigenvalue weighted by molar-refractivity contribution is 9.10. The van der Waals surface area contributed by atoms with Crippen molar-refractivity contribution >= 4 is 55.7 Å². The highest BCUT2D eigenvalue weighted by atomic mass is 79.9. The zero-order valence-corrected chi connectivity index (χ0v) is 20.7. The van der Waals surface area contributed by atoms with Crippen LogP contribution in [0.25, 0.3) is 10.8 Å². The molecule has 0 saturated carbocycles. The van der Waals surface area contributed by atoms with Gasteiger partial charge in [-0.1, -0.05) is 46.3 Å². The molecule has 1 fully saturated rings. The summed E-state index contributed by atoms with van der Waals surface area (Å²) in [6.45, 7) is 2.86. The van der Waals surface area contributed by atoms with Gasteiger partial charge in [-0.05, 0) is 71.4 Å². The number of carbonyl (C=O) groups is 2. The van der Waals surface area contributed by atoms with Crippen LogP contribution in [0.2, 0.25) is 0 Å². The van der Waals surface area contributed by atoms with E-state index in [4.69, 9.17) is 0 Å². The first kappa shape index (κ1) is 22.9. The molecule has 3 amide bonds. The second-order valence-corrected chi connectivity index (χ2v) is 9.39. The fraction of sp³-hybridized carbons (Fsp3) is 0.143. The van der Waals surface area contributed by atoms with Crippen LogP contribution in [0.4, 0.5) is 21.9 Å². The number of hydrogen-bond acceptors (Lipinski definition) is 3. The summed E-state index contributed by atoms with van der Waals surface area (Å²) in [5.74, 6) is 0.0757. The molecule has 6 nitrogen and oxygen atoms in total. The van der Waals surface area contributed by atoms with Crippen molar-refractivity contribution in [3.05, 3.63) is 101 Å². The van der Waals surface area contributed by atoms with Crippen LogP contribution < -0.4 is 15.5 Å². The molecule has 1 heterocycles. The van der Waals surface area contributed by atoms with Gasteiger partial charge in [-0.25, -0.2) is 4.79 Å². The molecule has 0 atom stereocenters. The minimum atomic E-state index is -0.291. The van der Waals surface area contributed by atoms with E-state index >= 15 is 0 Å². The molecular formula is C28H25BrN4O2. The maximum atomic E-state index is 13.0. The molecule has 1 saturated heterocycles. The second-order valence-electron chi connectivity index (χ2n) is 8.47. The van der Waals surface area contributed by atoms with Crippen LogP contribution in [0.15, 0.2) is 95.5 Å². The van der Waals surface area contributed by atoms with E-state index in [1.807, 2.05) is 89.8 Å². The number of amides is 3. The van der Waals surface area contributed by atoms with Crippen molar-refractivity contribution in [3.8, 4) is 0 Å². The van der Waals surface area contributed by atoms with Crippen molar-refractivity contribution in [2.45, 2.75) is 0 Å². The SMILES string of the molecule is O=C(Nc1ccc(Br)cc1)Nc1ccc(N2CCN(C(=O)c3ccc4ccccc4c3)CC2)cc1. The quantitative estimate of drug-likeness (QED) is 0.331. The summed E-state index contributed by atoms with van der Waals surface area (Å²) in [4.78, 5) is 29.5. The Balaban J connectivity index is 1.15. The lowest BCUT2D eigenvalue weighted by molar-refractivity contribution is 0.0747. The summed E-state index contributed by atoms with van der Waals surface area (Å²) >= 11 is 3.38. The molecule has 5 rings (SSSR count). The van der Waals surface area contributed by atoms with E-state index in [-0.39, 0.29) is 11.9 Å². The first-order valence-electron chi connectivity index (χ1n) is 11.5. The number of urea groups is 1. The van der Waals surface area contributed by atoms with Gasteiger partial charge in [-0.15, -0.1) is 0 Å². The molecule has 0 bridgehead atoms. The molecule has 0 radical (unpaired) electrons. The summed E-state index contributed by atoms with van der Waals surface area (Å²) in [6.07, 6.45) is 0. The van der Waals surface area contributed by atoms with E-state index in [2.05, 4.69) is 37.5 Å². The predicted octanol–water partition coefficient (Wildman–Crippen LogP) is 6.21. The fourth-order valence-corrected chi connectivity index (χ4v) is 4.52. The molecule has 0 spiro atoms. The number of benzene rings is 4. The summed E-state index contributed by atoms with van der Waals surface area (Å²) in [7, 11) is 0. The van der Waals surface area contributed by atoms with Crippen molar-refractivity contribution < 1.29 is 9.59 Å². The van der Waals surface area contributed by atoms with Gasteiger partial charge in [-0.3, -0.25) is 4.79 Å². The van der Waals surface area contributed by atoms with Gasteiger partial charge in [0.05, 0.1) is 0 Å². The zero-order valence-electron chi connectivity index (χ0n) is 19.1. The first-order valence-corrected chi connectivity index (χ1v) is 12.3. The average Bonchev–Trinajstić information content (AvgIpc) is 2.90. The van der Waals surface area contributed by atoms with Crippen molar-refractivity contribution in [2.24, 2.45) is 0 Å². The Morgan fingerprint density at radius 1 is 0.686 bits per heavy atom. The molecular weight excluding hydrogens is 504 g/mol. The van der Waals surface area contributed by atoms with Crippen molar-refractivity contribution in [1.82, 2.24) is 4.90 Å². The van der Waals surface area contributed by atoms with Gasteiger partial charge in [-0.2, -0.15) is 0 Å². The molecule has 176 valence electrons. The molecule has 4 aromatic carbocycles. The number of halogens is 1. The predicted molar refractivity (Wildman–Crippen MR) is 145 cm³/mol. The molecule has 1 aliphatic heterocycles. The van der Waals surface area contributed by atoms with E-state index < -0.39 is 0 Å². The molecule has 1 aliphatic rings. The number of nitrogens with zero attached hydrogens (tertiary/aromatic N) is 2. The van der Waals surface area contributed by atoms with E-state index in [1.54, 1.807) is 0 Å². The standard InChI is InChI=1S/C28H25BrN4O2/c29-23-7-9-24(10-8-23)30-28(35)31-25-11-13-26(14-12-25)32-15-17-33(18-16-32)27(34)22-6-5-20-3-1-2-4-21(20)19-22/h1-14,19H,15-18H2,(H2,30,31,35). The van der Waals surface area contributed by atoms with Gasteiger partial charge in [0.15, 0.2) is 0 Å². The van der Waals surface area contributed by atoms with Crippen LogP contribution in [0.3, 0.4) is 0 Å². The van der Waals surface area contributed by atoms with Crippen LogP contribution in [-0.2, 0) is 0 Å². The molecule has 0 aromatic heterocycles. The lowest BCUT2D eigenvalue weighted by atomic mass is 10.1. The summed E-state index contributed by atoms with van der Waals surface area (Å²) in [5.41, 5.74) is 3.24. The van der Waals surface area contributed by atoms with Gasteiger partial charge in [0.25, 0.3) is 5.91 Å². The third-order valence-electron chi connectivity index (χ3n) is 6.16. The van der Waals surface area contributed by atoms with Gasteiger partial charge in [0, 0.05) is 53.3 Å². The fourth-order valence-electron chi connectivity index (χ4n) is 4.25. The molecule has 0 unspecified atom stereocenters. The smallest absolute Gasteiger partial charge is 0.323 e. The van der Waals surface area contributed by atoms with Crippen molar-refractivity contribution in [2.75, 3.05) is 41.7 Å². The Morgan fingerprint density at radius 2 is 1.29 bits per heavy atom. The summed E-state index contributed by atoms with van der Waals surface area (Å²) in [5, 5.41) is 7.89. The molecule has 2 N–H and O–H groups in total. The maximum Gasteiger partial charge on any atom is 0.323 e. The Bertz CT molecular complexity index is 1350. The Morgan fingerprint density at radius 3 is 1.94 bits per heavy atom. The normalized spacial score (nSPS) is 13.5. The Labute approximate surface area is 212 Å². The van der Waals surface area contributed by atoms with E-state index in [1.165, 1.54) is 0 Å². The Kier molecular flexibility index (Phi) is 6.68. The van der Waals surface area contributed by atoms with Gasteiger partial charge in [0.2, 0.25) is 0 Å². The number of fused-ring (bicyclic) bond motifs is 1. The highest BCUT2D eigenvalue weighted by Gasteiger charge is 2.22. The monoisotopic (exact) mass is 528 g/mol. The van der Waals surface area contributed by atoms with E-state index in [0.29, 0.717) is 18.8 Å². The average molecular weight is 529 g/mol. The van der Waals surface area contributed by atoms with E-state index in [9.17, 15) is 9.59 Å². The minimum absolute atomic E-state index is 0.0757. The number of piperazine rings is 1. The van der Waals surface area contributed by atoms with Crippen LogP contribution in [0, 0.1) is 0 Å². The number of rotatable bonds is 4. The summed E-state index contributed by atoms with van der Waals surface area (Å²) in [6, 6.07) is 28.9. The number of hydrogen-bond donors (Lipinski definition) is 2. The number of nitrogens with one attached hydrogen (secondary N) is 2. The van der Waals surface area contributed by atoms with Crippen LogP contribution in [0.1, 0.15) is 10.4 Å².